The number of pyridine rings is 1. The van der Waals surface area contributed by atoms with Crippen molar-refractivity contribution >= 4 is 11.7 Å². The third kappa shape index (κ3) is 8.45. The van der Waals surface area contributed by atoms with Crippen LogP contribution in [0.4, 0.5) is 5.69 Å². The maximum Gasteiger partial charge on any atom is 0.326 e. The summed E-state index contributed by atoms with van der Waals surface area (Å²) >= 11 is 0. The van der Waals surface area contributed by atoms with Crippen molar-refractivity contribution in [3.63, 3.8) is 0 Å². The van der Waals surface area contributed by atoms with E-state index in [1.807, 2.05) is 30.3 Å². The van der Waals surface area contributed by atoms with Gasteiger partial charge in [0.2, 0.25) is 0 Å². The molecule has 0 bridgehead atoms. The van der Waals surface area contributed by atoms with E-state index in [0.717, 1.165) is 44.5 Å². The molecular formula is C27H39N3O3. The molecule has 2 atom stereocenters. The van der Waals surface area contributed by atoms with Gasteiger partial charge in [-0.05, 0) is 88.6 Å². The number of unbranched alkanes of at least 4 members (excludes halogenated alkanes) is 1. The lowest BCUT2D eigenvalue weighted by molar-refractivity contribution is -0.138. The Morgan fingerprint density at radius 2 is 1.91 bits per heavy atom. The van der Waals surface area contributed by atoms with Crippen molar-refractivity contribution in [2.24, 2.45) is 0 Å². The normalized spacial score (nSPS) is 15.1. The zero-order valence-electron chi connectivity index (χ0n) is 20.1. The monoisotopic (exact) mass is 453 g/mol. The first-order valence-electron chi connectivity index (χ1n) is 12.3. The number of methoxy groups -OCH3 is 1. The molecule has 0 saturated heterocycles. The highest BCUT2D eigenvalue weighted by Gasteiger charge is 2.19. The minimum absolute atomic E-state index is 0.109. The van der Waals surface area contributed by atoms with E-state index in [1.165, 1.54) is 36.2 Å². The van der Waals surface area contributed by atoms with Gasteiger partial charge < -0.3 is 20.1 Å². The van der Waals surface area contributed by atoms with Gasteiger partial charge in [0, 0.05) is 37.3 Å². The van der Waals surface area contributed by atoms with Crippen LogP contribution in [0.5, 0.6) is 0 Å². The summed E-state index contributed by atoms with van der Waals surface area (Å²) < 4.78 is 5.48. The number of carboxylic acids is 1. The van der Waals surface area contributed by atoms with Gasteiger partial charge in [-0.1, -0.05) is 24.3 Å². The van der Waals surface area contributed by atoms with E-state index in [-0.39, 0.29) is 6.10 Å². The molecule has 0 aliphatic heterocycles. The summed E-state index contributed by atoms with van der Waals surface area (Å²) in [5.74, 6) is -0.822. The number of anilines is 1. The van der Waals surface area contributed by atoms with Gasteiger partial charge in [-0.2, -0.15) is 0 Å². The molecule has 0 unspecified atom stereocenters. The Bertz CT molecular complexity index is 859. The van der Waals surface area contributed by atoms with E-state index < -0.39 is 12.0 Å². The zero-order valence-corrected chi connectivity index (χ0v) is 20.1. The number of nitrogens with one attached hydrogen (secondary N) is 1. The van der Waals surface area contributed by atoms with Crippen LogP contribution in [0.25, 0.3) is 0 Å². The molecule has 33 heavy (non-hydrogen) atoms. The van der Waals surface area contributed by atoms with Gasteiger partial charge in [-0.3, -0.25) is 4.98 Å². The first-order chi connectivity index (χ1) is 16.0. The molecule has 6 nitrogen and oxygen atoms in total. The van der Waals surface area contributed by atoms with Crippen LogP contribution in [0.2, 0.25) is 0 Å². The van der Waals surface area contributed by atoms with Crippen molar-refractivity contribution in [1.29, 1.82) is 0 Å². The molecule has 0 fully saturated rings. The van der Waals surface area contributed by atoms with Crippen molar-refractivity contribution in [3.8, 4) is 0 Å². The van der Waals surface area contributed by atoms with Crippen molar-refractivity contribution in [2.75, 3.05) is 32.1 Å². The summed E-state index contributed by atoms with van der Waals surface area (Å²) in [6.07, 6.45) is 8.60. The highest BCUT2D eigenvalue weighted by Crippen LogP contribution is 2.20. The van der Waals surface area contributed by atoms with Crippen LogP contribution < -0.4 is 5.32 Å². The van der Waals surface area contributed by atoms with Crippen LogP contribution in [-0.4, -0.2) is 59.8 Å². The van der Waals surface area contributed by atoms with Gasteiger partial charge in [-0.15, -0.1) is 0 Å². The van der Waals surface area contributed by atoms with E-state index in [2.05, 4.69) is 29.3 Å². The molecule has 1 aromatic heterocycles. The molecule has 0 radical (unpaired) electrons. The molecule has 1 aliphatic rings. The Morgan fingerprint density at radius 1 is 1.12 bits per heavy atom. The number of nitrogens with zero attached hydrogens (tertiary/aromatic N) is 2. The largest absolute Gasteiger partial charge is 0.480 e. The minimum atomic E-state index is -0.822. The number of aromatic nitrogens is 1. The van der Waals surface area contributed by atoms with Crippen molar-refractivity contribution < 1.29 is 14.6 Å². The second kappa shape index (κ2) is 13.3. The molecule has 0 spiro atoms. The smallest absolute Gasteiger partial charge is 0.326 e. The second-order valence-corrected chi connectivity index (χ2v) is 9.11. The van der Waals surface area contributed by atoms with Crippen LogP contribution in [0.1, 0.15) is 56.0 Å². The average Bonchev–Trinajstić information content (AvgIpc) is 2.84. The molecule has 2 aromatic rings. The van der Waals surface area contributed by atoms with E-state index in [9.17, 15) is 9.90 Å². The number of carbonyl (C=O) groups is 1. The zero-order chi connectivity index (χ0) is 23.5. The summed E-state index contributed by atoms with van der Waals surface area (Å²) in [6.45, 7) is 4.49. The molecule has 3 rings (SSSR count). The van der Waals surface area contributed by atoms with Crippen molar-refractivity contribution in [1.82, 2.24) is 9.88 Å². The fraction of sp³-hybridized carbons (Fsp3) is 0.556. The number of rotatable bonds is 14. The molecule has 1 heterocycles. The number of fused-ring (bicyclic) bond motifs is 1. The number of hydrogen-bond donors (Lipinski definition) is 2. The fourth-order valence-electron chi connectivity index (χ4n) is 4.45. The third-order valence-corrected chi connectivity index (χ3v) is 6.46. The molecule has 1 aromatic carbocycles. The number of aliphatic carboxylic acids is 1. The summed E-state index contributed by atoms with van der Waals surface area (Å²) in [4.78, 5) is 19.0. The van der Waals surface area contributed by atoms with Gasteiger partial charge in [0.1, 0.15) is 6.04 Å². The molecule has 0 amide bonds. The molecule has 6 heteroatoms. The molecular weight excluding hydrogens is 414 g/mol. The standard InChI is InChI=1S/C27H39N3O3/c1-21(33-2)20-30(19-17-26(27(31)32)29-23-11-4-3-5-12-23)18-9-8-13-24-16-15-22-10-6-7-14-25(22)28-24/h3-5,11-12,15-16,21,26,29H,6-10,13-14,17-20H2,1-2H3,(H,31,32)/t21-,26+/m1/s1. The maximum atomic E-state index is 11.8. The predicted octanol–water partition coefficient (Wildman–Crippen LogP) is 4.58. The van der Waals surface area contributed by atoms with E-state index >= 15 is 0 Å². The Balaban J connectivity index is 1.48. The van der Waals surface area contributed by atoms with E-state index in [0.29, 0.717) is 13.0 Å². The second-order valence-electron chi connectivity index (χ2n) is 9.11. The number of hydrogen-bond acceptors (Lipinski definition) is 5. The van der Waals surface area contributed by atoms with Gasteiger partial charge >= 0.3 is 5.97 Å². The predicted molar refractivity (Wildman–Crippen MR) is 133 cm³/mol. The number of carboxylic acid groups (broad SMARTS) is 1. The highest BCUT2D eigenvalue weighted by molar-refractivity contribution is 5.77. The summed E-state index contributed by atoms with van der Waals surface area (Å²) in [7, 11) is 1.72. The quantitative estimate of drug-likeness (QED) is 0.408. The summed E-state index contributed by atoms with van der Waals surface area (Å²) in [6, 6.07) is 13.4. The third-order valence-electron chi connectivity index (χ3n) is 6.46. The first kappa shape index (κ1) is 25.2. The van der Waals surface area contributed by atoms with Gasteiger partial charge in [0.15, 0.2) is 0 Å². The van der Waals surface area contributed by atoms with Crippen molar-refractivity contribution in [2.45, 2.75) is 70.4 Å². The van der Waals surface area contributed by atoms with Gasteiger partial charge in [-0.25, -0.2) is 4.79 Å². The van der Waals surface area contributed by atoms with Crippen LogP contribution in [0.15, 0.2) is 42.5 Å². The molecule has 2 N–H and O–H groups in total. The Kier molecular flexibility index (Phi) is 10.2. The van der Waals surface area contributed by atoms with Gasteiger partial charge in [0.25, 0.3) is 0 Å². The number of para-hydroxylation sites is 1. The molecule has 0 saturated carbocycles. The molecule has 1 aliphatic carbocycles. The topological polar surface area (TPSA) is 74.7 Å². The average molecular weight is 454 g/mol. The number of benzene rings is 1. The SMILES string of the molecule is CO[C@H](C)CN(CCCCc1ccc2c(n1)CCCC2)CC[C@H](Nc1ccccc1)C(=O)O. The van der Waals surface area contributed by atoms with Crippen LogP contribution in [-0.2, 0) is 28.8 Å². The lowest BCUT2D eigenvalue weighted by Crippen LogP contribution is -2.38. The van der Waals surface area contributed by atoms with Crippen LogP contribution >= 0.6 is 0 Å². The van der Waals surface area contributed by atoms with E-state index in [4.69, 9.17) is 9.72 Å². The Morgan fingerprint density at radius 3 is 2.67 bits per heavy atom. The van der Waals surface area contributed by atoms with E-state index in [1.54, 1.807) is 7.11 Å². The summed E-state index contributed by atoms with van der Waals surface area (Å²) in [5, 5.41) is 12.8. The first-order valence-corrected chi connectivity index (χ1v) is 12.3. The maximum absolute atomic E-state index is 11.8. The van der Waals surface area contributed by atoms with Crippen LogP contribution in [0, 0.1) is 0 Å². The van der Waals surface area contributed by atoms with Crippen molar-refractivity contribution in [3.05, 3.63) is 59.4 Å². The minimum Gasteiger partial charge on any atom is -0.480 e. The molecule has 180 valence electrons. The highest BCUT2D eigenvalue weighted by atomic mass is 16.5. The van der Waals surface area contributed by atoms with Gasteiger partial charge in [0.05, 0.1) is 6.10 Å². The Labute approximate surface area is 198 Å². The lowest BCUT2D eigenvalue weighted by atomic mass is 9.95. The van der Waals surface area contributed by atoms with Crippen LogP contribution in [0.3, 0.4) is 0 Å². The number of aryl methyl sites for hydroxylation is 3. The summed E-state index contributed by atoms with van der Waals surface area (Å²) in [5.41, 5.74) is 4.77. The fourth-order valence-corrected chi connectivity index (χ4v) is 4.45. The number of ether oxygens (including phenoxy) is 1. The lowest BCUT2D eigenvalue weighted by Gasteiger charge is -2.27. The Hall–Kier alpha value is -2.44.